The summed E-state index contributed by atoms with van der Waals surface area (Å²) in [7, 11) is 4.18. The molecular weight excluding hydrogens is 200 g/mol. The number of nitrogens with one attached hydrogen (secondary N) is 1. The van der Waals surface area contributed by atoms with E-state index in [0.717, 1.165) is 36.6 Å². The molecule has 0 fully saturated rings. The van der Waals surface area contributed by atoms with Crippen LogP contribution in [0.3, 0.4) is 0 Å². The third-order valence-corrected chi connectivity index (χ3v) is 2.53. The van der Waals surface area contributed by atoms with Gasteiger partial charge in [0.2, 0.25) is 0 Å². The molecule has 0 saturated carbocycles. The van der Waals surface area contributed by atoms with Gasteiger partial charge in [-0.05, 0) is 52.0 Å². The average molecular weight is 222 g/mol. The molecule has 4 heteroatoms. The Morgan fingerprint density at radius 1 is 1.38 bits per heavy atom. The first-order chi connectivity index (χ1) is 7.61. The Balaban J connectivity index is 2.29. The standard InChI is InChI=1S/C12H22N4/c1-10-6-8-15-12(11(10)13)14-7-4-5-9-16(2)3/h6,8H,4-5,7,9,13H2,1-3H3,(H,14,15). The molecule has 4 nitrogen and oxygen atoms in total. The number of pyridine rings is 1. The third kappa shape index (κ3) is 4.06. The van der Waals surface area contributed by atoms with Crippen LogP contribution in [0.4, 0.5) is 11.5 Å². The molecule has 1 aromatic heterocycles. The van der Waals surface area contributed by atoms with Crippen molar-refractivity contribution >= 4 is 11.5 Å². The summed E-state index contributed by atoms with van der Waals surface area (Å²) in [5, 5.41) is 3.27. The van der Waals surface area contributed by atoms with Crippen molar-refractivity contribution in [1.29, 1.82) is 0 Å². The normalized spacial score (nSPS) is 10.8. The van der Waals surface area contributed by atoms with Gasteiger partial charge in [-0.15, -0.1) is 0 Å². The molecule has 1 heterocycles. The van der Waals surface area contributed by atoms with Crippen molar-refractivity contribution in [1.82, 2.24) is 9.88 Å². The highest BCUT2D eigenvalue weighted by Gasteiger charge is 2.01. The highest BCUT2D eigenvalue weighted by atomic mass is 15.0. The molecule has 1 aromatic rings. The fourth-order valence-electron chi connectivity index (χ4n) is 1.47. The summed E-state index contributed by atoms with van der Waals surface area (Å²) >= 11 is 0. The molecule has 0 radical (unpaired) electrons. The van der Waals surface area contributed by atoms with Crippen LogP contribution in [0.25, 0.3) is 0 Å². The van der Waals surface area contributed by atoms with Gasteiger partial charge in [-0.2, -0.15) is 0 Å². The molecule has 0 amide bonds. The summed E-state index contributed by atoms with van der Waals surface area (Å²) in [6, 6.07) is 1.92. The molecule has 16 heavy (non-hydrogen) atoms. The van der Waals surface area contributed by atoms with Crippen LogP contribution < -0.4 is 11.1 Å². The molecule has 0 saturated heterocycles. The zero-order valence-corrected chi connectivity index (χ0v) is 10.5. The van der Waals surface area contributed by atoms with E-state index in [0.29, 0.717) is 0 Å². The van der Waals surface area contributed by atoms with Crippen molar-refractivity contribution in [3.63, 3.8) is 0 Å². The van der Waals surface area contributed by atoms with E-state index in [1.54, 1.807) is 6.20 Å². The molecule has 0 atom stereocenters. The summed E-state index contributed by atoms with van der Waals surface area (Å²) in [6.45, 7) is 4.04. The van der Waals surface area contributed by atoms with Crippen molar-refractivity contribution in [2.24, 2.45) is 0 Å². The number of nitrogens with two attached hydrogens (primary N) is 1. The minimum Gasteiger partial charge on any atom is -0.396 e. The van der Waals surface area contributed by atoms with Gasteiger partial charge >= 0.3 is 0 Å². The predicted molar refractivity (Wildman–Crippen MR) is 69.7 cm³/mol. The first kappa shape index (κ1) is 12.8. The summed E-state index contributed by atoms with van der Waals surface area (Å²) in [5.74, 6) is 0.810. The number of hydrogen-bond donors (Lipinski definition) is 2. The highest BCUT2D eigenvalue weighted by Crippen LogP contribution is 2.18. The number of aryl methyl sites for hydroxylation is 1. The van der Waals surface area contributed by atoms with Gasteiger partial charge in [0.05, 0.1) is 5.69 Å². The molecule has 90 valence electrons. The number of anilines is 2. The molecule has 0 unspecified atom stereocenters. The van der Waals surface area contributed by atoms with E-state index in [4.69, 9.17) is 5.73 Å². The van der Waals surface area contributed by atoms with Gasteiger partial charge in [-0.1, -0.05) is 0 Å². The van der Waals surface area contributed by atoms with Gasteiger partial charge < -0.3 is 16.0 Å². The van der Waals surface area contributed by atoms with Crippen LogP contribution in [0.5, 0.6) is 0 Å². The molecule has 0 aliphatic heterocycles. The Labute approximate surface area is 97.9 Å². The summed E-state index contributed by atoms with van der Waals surface area (Å²) in [4.78, 5) is 6.42. The van der Waals surface area contributed by atoms with Crippen LogP contribution in [-0.2, 0) is 0 Å². The van der Waals surface area contributed by atoms with Crippen LogP contribution in [0.1, 0.15) is 18.4 Å². The lowest BCUT2D eigenvalue weighted by Gasteiger charge is -2.11. The lowest BCUT2D eigenvalue weighted by atomic mass is 10.2. The van der Waals surface area contributed by atoms with Gasteiger partial charge in [0.1, 0.15) is 5.82 Å². The summed E-state index contributed by atoms with van der Waals surface area (Å²) < 4.78 is 0. The minimum atomic E-state index is 0.759. The molecular formula is C12H22N4. The van der Waals surface area contributed by atoms with Gasteiger partial charge in [-0.3, -0.25) is 0 Å². The Morgan fingerprint density at radius 2 is 2.12 bits per heavy atom. The fraction of sp³-hybridized carbons (Fsp3) is 0.583. The topological polar surface area (TPSA) is 54.2 Å². The van der Waals surface area contributed by atoms with Crippen molar-refractivity contribution in [3.05, 3.63) is 17.8 Å². The monoisotopic (exact) mass is 222 g/mol. The zero-order valence-electron chi connectivity index (χ0n) is 10.5. The first-order valence-corrected chi connectivity index (χ1v) is 5.71. The van der Waals surface area contributed by atoms with E-state index in [1.165, 1.54) is 6.42 Å². The van der Waals surface area contributed by atoms with E-state index in [-0.39, 0.29) is 0 Å². The zero-order chi connectivity index (χ0) is 12.0. The quantitative estimate of drug-likeness (QED) is 0.720. The SMILES string of the molecule is Cc1ccnc(NCCCCN(C)C)c1N. The molecule has 0 aliphatic carbocycles. The fourth-order valence-corrected chi connectivity index (χ4v) is 1.47. The van der Waals surface area contributed by atoms with Crippen LogP contribution in [0, 0.1) is 6.92 Å². The lowest BCUT2D eigenvalue weighted by molar-refractivity contribution is 0.396. The minimum absolute atomic E-state index is 0.759. The third-order valence-electron chi connectivity index (χ3n) is 2.53. The van der Waals surface area contributed by atoms with Gasteiger partial charge in [0.25, 0.3) is 0 Å². The Hall–Kier alpha value is -1.29. The van der Waals surface area contributed by atoms with Crippen LogP contribution in [-0.4, -0.2) is 37.1 Å². The number of nitrogen functional groups attached to an aromatic ring is 1. The van der Waals surface area contributed by atoms with Crippen molar-refractivity contribution < 1.29 is 0 Å². The van der Waals surface area contributed by atoms with Crippen LogP contribution in [0.15, 0.2) is 12.3 Å². The van der Waals surface area contributed by atoms with Crippen molar-refractivity contribution in [3.8, 4) is 0 Å². The molecule has 0 aliphatic rings. The largest absolute Gasteiger partial charge is 0.396 e. The Kier molecular flexibility index (Phi) is 5.05. The van der Waals surface area contributed by atoms with Crippen molar-refractivity contribution in [2.45, 2.75) is 19.8 Å². The smallest absolute Gasteiger partial charge is 0.149 e. The second-order valence-electron chi connectivity index (χ2n) is 4.33. The number of aromatic nitrogens is 1. The van der Waals surface area contributed by atoms with Gasteiger partial charge in [0.15, 0.2) is 0 Å². The van der Waals surface area contributed by atoms with Crippen LogP contribution >= 0.6 is 0 Å². The van der Waals surface area contributed by atoms with E-state index in [1.807, 2.05) is 13.0 Å². The van der Waals surface area contributed by atoms with E-state index in [2.05, 4.69) is 29.3 Å². The molecule has 0 bridgehead atoms. The summed E-state index contributed by atoms with van der Waals surface area (Å²) in [6.07, 6.45) is 4.10. The number of hydrogen-bond acceptors (Lipinski definition) is 4. The molecule has 3 N–H and O–H groups in total. The average Bonchev–Trinajstić information content (AvgIpc) is 2.23. The second-order valence-corrected chi connectivity index (χ2v) is 4.33. The molecule has 0 aromatic carbocycles. The van der Waals surface area contributed by atoms with E-state index in [9.17, 15) is 0 Å². The Morgan fingerprint density at radius 3 is 2.81 bits per heavy atom. The molecule has 1 rings (SSSR count). The maximum Gasteiger partial charge on any atom is 0.149 e. The van der Waals surface area contributed by atoms with E-state index >= 15 is 0 Å². The Bertz CT molecular complexity index is 323. The lowest BCUT2D eigenvalue weighted by Crippen LogP contribution is -2.14. The number of unbranched alkanes of at least 4 members (excludes halogenated alkanes) is 1. The number of nitrogens with zero attached hydrogens (tertiary/aromatic N) is 2. The van der Waals surface area contributed by atoms with Gasteiger partial charge in [-0.25, -0.2) is 4.98 Å². The maximum atomic E-state index is 5.91. The predicted octanol–water partition coefficient (Wildman–Crippen LogP) is 1.73. The highest BCUT2D eigenvalue weighted by molar-refractivity contribution is 5.64. The van der Waals surface area contributed by atoms with Crippen LogP contribution in [0.2, 0.25) is 0 Å². The van der Waals surface area contributed by atoms with Gasteiger partial charge in [0, 0.05) is 12.7 Å². The van der Waals surface area contributed by atoms with Crippen molar-refractivity contribution in [2.75, 3.05) is 38.2 Å². The maximum absolute atomic E-state index is 5.91. The number of rotatable bonds is 6. The molecule has 0 spiro atoms. The van der Waals surface area contributed by atoms with E-state index < -0.39 is 0 Å². The second kappa shape index (κ2) is 6.33. The summed E-state index contributed by atoms with van der Waals surface area (Å²) in [5.41, 5.74) is 7.75. The first-order valence-electron chi connectivity index (χ1n) is 5.71.